The van der Waals surface area contributed by atoms with Gasteiger partial charge in [0, 0.05) is 41.2 Å². The fourth-order valence-electron chi connectivity index (χ4n) is 4.22. The number of aromatic nitrogens is 1. The first kappa shape index (κ1) is 22.1. The molecule has 0 aliphatic heterocycles. The standard InChI is InChI=1S/C29H27N3OS/c1-3-32(4-2)24-15-14-23-17-25(28(30)33-27(23)18-24)29-31-26(19-34-29)22-12-10-21(11-13-22)16-20-8-6-5-7-9-20/h5-15,17-19,30H,3-4,16H2,1-2H3. The zero-order valence-electron chi connectivity index (χ0n) is 19.4. The maximum absolute atomic E-state index is 8.49. The summed E-state index contributed by atoms with van der Waals surface area (Å²) in [6.45, 7) is 6.15. The maximum atomic E-state index is 8.49. The summed E-state index contributed by atoms with van der Waals surface area (Å²) in [5.41, 5.74) is 7.28. The highest BCUT2D eigenvalue weighted by molar-refractivity contribution is 7.13. The van der Waals surface area contributed by atoms with E-state index in [0.29, 0.717) is 0 Å². The minimum atomic E-state index is 0.142. The topological polar surface area (TPSA) is 53.1 Å². The first-order valence-corrected chi connectivity index (χ1v) is 12.5. The van der Waals surface area contributed by atoms with Crippen LogP contribution < -0.4 is 10.5 Å². The highest BCUT2D eigenvalue weighted by Gasteiger charge is 2.12. The Hall–Kier alpha value is -3.70. The van der Waals surface area contributed by atoms with Gasteiger partial charge >= 0.3 is 0 Å². The number of nitrogens with zero attached hydrogens (tertiary/aromatic N) is 2. The van der Waals surface area contributed by atoms with Gasteiger partial charge < -0.3 is 9.32 Å². The molecule has 2 heterocycles. The molecule has 0 aliphatic carbocycles. The lowest BCUT2D eigenvalue weighted by atomic mass is 10.0. The van der Waals surface area contributed by atoms with Crippen molar-refractivity contribution in [3.63, 3.8) is 0 Å². The van der Waals surface area contributed by atoms with Crippen molar-refractivity contribution in [3.8, 4) is 21.8 Å². The molecular weight excluding hydrogens is 438 g/mol. The minimum Gasteiger partial charge on any atom is -0.438 e. The summed E-state index contributed by atoms with van der Waals surface area (Å²) in [5.74, 6) is 0. The molecule has 2 aromatic heterocycles. The van der Waals surface area contributed by atoms with E-state index in [9.17, 15) is 0 Å². The zero-order chi connectivity index (χ0) is 23.5. The molecule has 0 aliphatic rings. The van der Waals surface area contributed by atoms with Crippen LogP contribution in [0.2, 0.25) is 0 Å². The second-order valence-electron chi connectivity index (χ2n) is 8.28. The van der Waals surface area contributed by atoms with Crippen LogP contribution in [0.5, 0.6) is 0 Å². The number of fused-ring (bicyclic) bond motifs is 1. The number of nitrogens with one attached hydrogen (secondary N) is 1. The number of hydrogen-bond acceptors (Lipinski definition) is 5. The van der Waals surface area contributed by atoms with Gasteiger partial charge in [0.2, 0.25) is 5.55 Å². The molecule has 0 amide bonds. The summed E-state index contributed by atoms with van der Waals surface area (Å²) in [6.07, 6.45) is 0.917. The predicted octanol–water partition coefficient (Wildman–Crippen LogP) is 7.14. The molecule has 34 heavy (non-hydrogen) atoms. The molecule has 3 aromatic carbocycles. The fraction of sp³-hybridized carbons (Fsp3) is 0.172. The second kappa shape index (κ2) is 9.65. The Morgan fingerprint density at radius 2 is 1.62 bits per heavy atom. The van der Waals surface area contributed by atoms with Gasteiger partial charge in [-0.15, -0.1) is 11.3 Å². The van der Waals surface area contributed by atoms with Gasteiger partial charge in [-0.05, 0) is 49.6 Å². The number of anilines is 1. The smallest absolute Gasteiger partial charge is 0.222 e. The maximum Gasteiger partial charge on any atom is 0.222 e. The average Bonchev–Trinajstić information content (AvgIpc) is 3.35. The Morgan fingerprint density at radius 3 is 2.35 bits per heavy atom. The van der Waals surface area contributed by atoms with Crippen LogP contribution >= 0.6 is 11.3 Å². The summed E-state index contributed by atoms with van der Waals surface area (Å²) in [6, 6.07) is 27.3. The summed E-state index contributed by atoms with van der Waals surface area (Å²) in [4.78, 5) is 7.10. The highest BCUT2D eigenvalue weighted by Crippen LogP contribution is 2.30. The molecule has 0 fully saturated rings. The SMILES string of the molecule is CCN(CC)c1ccc2cc(-c3nc(-c4ccc(Cc5ccccc5)cc4)cs3)c(=N)oc2c1. The van der Waals surface area contributed by atoms with Gasteiger partial charge in [-0.25, -0.2) is 4.98 Å². The van der Waals surface area contributed by atoms with Crippen molar-refractivity contribution in [2.75, 3.05) is 18.0 Å². The van der Waals surface area contributed by atoms with E-state index < -0.39 is 0 Å². The van der Waals surface area contributed by atoms with Gasteiger partial charge in [0.25, 0.3) is 0 Å². The Balaban J connectivity index is 1.40. The van der Waals surface area contributed by atoms with Gasteiger partial charge in [-0.3, -0.25) is 5.41 Å². The van der Waals surface area contributed by atoms with Gasteiger partial charge in [0.05, 0.1) is 11.3 Å². The quantitative estimate of drug-likeness (QED) is 0.278. The molecular formula is C29H27N3OS. The monoisotopic (exact) mass is 465 g/mol. The lowest BCUT2D eigenvalue weighted by Crippen LogP contribution is -2.21. The van der Waals surface area contributed by atoms with E-state index in [4.69, 9.17) is 14.8 Å². The number of benzene rings is 3. The molecule has 0 radical (unpaired) electrons. The lowest BCUT2D eigenvalue weighted by molar-refractivity contribution is 0.536. The number of rotatable bonds is 7. The van der Waals surface area contributed by atoms with Crippen molar-refractivity contribution in [2.24, 2.45) is 0 Å². The highest BCUT2D eigenvalue weighted by atomic mass is 32.1. The first-order chi connectivity index (χ1) is 16.6. The van der Waals surface area contributed by atoms with Crippen LogP contribution in [0.1, 0.15) is 25.0 Å². The molecule has 0 bridgehead atoms. The van der Waals surface area contributed by atoms with Gasteiger partial charge in [-0.1, -0.05) is 54.6 Å². The summed E-state index contributed by atoms with van der Waals surface area (Å²) < 4.78 is 5.92. The van der Waals surface area contributed by atoms with Crippen LogP contribution in [0.25, 0.3) is 32.8 Å². The van der Waals surface area contributed by atoms with Crippen molar-refractivity contribution in [1.82, 2.24) is 4.98 Å². The van der Waals surface area contributed by atoms with E-state index in [1.54, 1.807) is 11.3 Å². The normalized spacial score (nSPS) is 11.1. The van der Waals surface area contributed by atoms with Crippen LogP contribution in [-0.4, -0.2) is 18.1 Å². The third kappa shape index (κ3) is 4.52. The van der Waals surface area contributed by atoms with Crippen molar-refractivity contribution in [3.05, 3.63) is 101 Å². The third-order valence-electron chi connectivity index (χ3n) is 6.12. The Morgan fingerprint density at radius 1 is 0.882 bits per heavy atom. The third-order valence-corrected chi connectivity index (χ3v) is 6.99. The first-order valence-electron chi connectivity index (χ1n) is 11.6. The van der Waals surface area contributed by atoms with E-state index in [1.807, 2.05) is 18.2 Å². The van der Waals surface area contributed by atoms with Crippen LogP contribution in [0, 0.1) is 5.41 Å². The number of hydrogen-bond donors (Lipinski definition) is 1. The van der Waals surface area contributed by atoms with Crippen molar-refractivity contribution < 1.29 is 4.42 Å². The van der Waals surface area contributed by atoms with E-state index in [1.165, 1.54) is 11.1 Å². The van der Waals surface area contributed by atoms with Crippen molar-refractivity contribution in [2.45, 2.75) is 20.3 Å². The fourth-order valence-corrected chi connectivity index (χ4v) is 5.06. The van der Waals surface area contributed by atoms with Gasteiger partial charge in [0.1, 0.15) is 10.6 Å². The van der Waals surface area contributed by atoms with E-state index >= 15 is 0 Å². The molecule has 5 heteroatoms. The van der Waals surface area contributed by atoms with Crippen molar-refractivity contribution >= 4 is 28.0 Å². The van der Waals surface area contributed by atoms with Crippen LogP contribution in [-0.2, 0) is 6.42 Å². The molecule has 0 saturated heterocycles. The second-order valence-corrected chi connectivity index (χ2v) is 9.14. The Labute approximate surface area is 203 Å². The summed E-state index contributed by atoms with van der Waals surface area (Å²) >= 11 is 1.54. The molecule has 0 saturated carbocycles. The van der Waals surface area contributed by atoms with E-state index in [-0.39, 0.29) is 5.55 Å². The average molecular weight is 466 g/mol. The Kier molecular flexibility index (Phi) is 6.28. The Bertz CT molecular complexity index is 1470. The number of thiazole rings is 1. The molecule has 5 rings (SSSR count). The predicted molar refractivity (Wildman–Crippen MR) is 141 cm³/mol. The van der Waals surface area contributed by atoms with Gasteiger partial charge in [-0.2, -0.15) is 0 Å². The molecule has 5 aromatic rings. The van der Waals surface area contributed by atoms with Crippen LogP contribution in [0.3, 0.4) is 0 Å². The van der Waals surface area contributed by atoms with Crippen LogP contribution in [0.15, 0.2) is 88.7 Å². The van der Waals surface area contributed by atoms with E-state index in [0.717, 1.165) is 58.0 Å². The summed E-state index contributed by atoms with van der Waals surface area (Å²) in [7, 11) is 0. The van der Waals surface area contributed by atoms with E-state index in [2.05, 4.69) is 84.8 Å². The molecule has 0 spiro atoms. The lowest BCUT2D eigenvalue weighted by Gasteiger charge is -2.21. The molecule has 0 atom stereocenters. The molecule has 4 nitrogen and oxygen atoms in total. The molecule has 0 unspecified atom stereocenters. The molecule has 170 valence electrons. The zero-order valence-corrected chi connectivity index (χ0v) is 20.2. The van der Waals surface area contributed by atoms with Crippen LogP contribution in [0.4, 0.5) is 5.69 Å². The molecule has 1 N–H and O–H groups in total. The van der Waals surface area contributed by atoms with Gasteiger partial charge in [0.15, 0.2) is 0 Å². The van der Waals surface area contributed by atoms with Crippen molar-refractivity contribution in [1.29, 1.82) is 5.41 Å². The minimum absolute atomic E-state index is 0.142. The summed E-state index contributed by atoms with van der Waals surface area (Å²) in [5, 5.41) is 12.3. The largest absolute Gasteiger partial charge is 0.438 e.